The number of aromatic nitrogens is 5. The van der Waals surface area contributed by atoms with Crippen LogP contribution in [0.3, 0.4) is 0 Å². The third-order valence-corrected chi connectivity index (χ3v) is 4.76. The van der Waals surface area contributed by atoms with Gasteiger partial charge in [0.1, 0.15) is 5.82 Å². The molecule has 0 aliphatic carbocycles. The molecule has 1 aliphatic heterocycles. The van der Waals surface area contributed by atoms with Crippen molar-refractivity contribution >= 4 is 22.8 Å². The van der Waals surface area contributed by atoms with Crippen molar-refractivity contribution in [3.05, 3.63) is 30.2 Å². The summed E-state index contributed by atoms with van der Waals surface area (Å²) in [5, 5.41) is 8.43. The van der Waals surface area contributed by atoms with E-state index in [2.05, 4.69) is 27.2 Å². The van der Waals surface area contributed by atoms with Gasteiger partial charge in [0.15, 0.2) is 11.5 Å². The Labute approximate surface area is 151 Å². The van der Waals surface area contributed by atoms with Crippen LogP contribution in [0, 0.1) is 6.92 Å². The van der Waals surface area contributed by atoms with Crippen molar-refractivity contribution in [2.45, 2.75) is 26.3 Å². The number of hydrogen-bond donors (Lipinski definition) is 1. The van der Waals surface area contributed by atoms with Gasteiger partial charge in [0, 0.05) is 50.6 Å². The van der Waals surface area contributed by atoms with E-state index in [9.17, 15) is 4.79 Å². The number of nitrogens with one attached hydrogen (secondary N) is 1. The van der Waals surface area contributed by atoms with Crippen LogP contribution in [-0.4, -0.2) is 49.8 Å². The Morgan fingerprint density at radius 3 is 2.77 bits per heavy atom. The number of nitrogens with zero attached hydrogens (tertiary/aromatic N) is 6. The lowest BCUT2D eigenvalue weighted by Crippen LogP contribution is -2.38. The average molecular weight is 351 g/mol. The minimum atomic E-state index is 0.0712. The number of carbonyl (C=O) groups excluding carboxylic acids is 1. The van der Waals surface area contributed by atoms with Crippen LogP contribution < -0.4 is 10.2 Å². The molecule has 1 unspecified atom stereocenters. The molecule has 0 bridgehead atoms. The van der Waals surface area contributed by atoms with Crippen LogP contribution in [0.1, 0.15) is 19.0 Å². The van der Waals surface area contributed by atoms with Gasteiger partial charge >= 0.3 is 0 Å². The Morgan fingerprint density at radius 1 is 1.23 bits per heavy atom. The standard InChI is InChI=1S/C18H21N7O/c1-11-10-20-14(26)6-9-25(11)18-15-12(2)23-24(3)17(15)21-16(22-18)13-4-7-19-8-5-13/h4-5,7-8,11H,6,9-10H2,1-3H3,(H,20,26). The summed E-state index contributed by atoms with van der Waals surface area (Å²) in [4.78, 5) is 27.7. The summed E-state index contributed by atoms with van der Waals surface area (Å²) in [6.07, 6.45) is 3.90. The van der Waals surface area contributed by atoms with Crippen molar-refractivity contribution in [1.29, 1.82) is 0 Å². The lowest BCUT2D eigenvalue weighted by Gasteiger charge is -2.28. The van der Waals surface area contributed by atoms with Crippen LogP contribution in [0.25, 0.3) is 22.4 Å². The predicted octanol–water partition coefficient (Wildman–Crippen LogP) is 1.45. The second-order valence-corrected chi connectivity index (χ2v) is 6.61. The first-order valence-electron chi connectivity index (χ1n) is 8.69. The van der Waals surface area contributed by atoms with Gasteiger partial charge in [0.05, 0.1) is 11.1 Å². The second kappa shape index (κ2) is 6.36. The van der Waals surface area contributed by atoms with E-state index in [0.717, 1.165) is 28.1 Å². The third-order valence-electron chi connectivity index (χ3n) is 4.76. The van der Waals surface area contributed by atoms with E-state index in [4.69, 9.17) is 9.97 Å². The normalized spacial score (nSPS) is 18.0. The smallest absolute Gasteiger partial charge is 0.221 e. The molecule has 1 amide bonds. The van der Waals surface area contributed by atoms with Gasteiger partial charge in [0.2, 0.25) is 5.91 Å². The van der Waals surface area contributed by atoms with Gasteiger partial charge in [-0.05, 0) is 26.0 Å². The maximum Gasteiger partial charge on any atom is 0.221 e. The third kappa shape index (κ3) is 2.77. The fourth-order valence-electron chi connectivity index (χ4n) is 3.37. The lowest BCUT2D eigenvalue weighted by atomic mass is 10.2. The molecule has 1 saturated heterocycles. The molecule has 8 nitrogen and oxygen atoms in total. The van der Waals surface area contributed by atoms with Crippen LogP contribution in [0.2, 0.25) is 0 Å². The zero-order valence-electron chi connectivity index (χ0n) is 15.1. The number of fused-ring (bicyclic) bond motifs is 1. The molecule has 8 heteroatoms. The fraction of sp³-hybridized carbons (Fsp3) is 0.389. The van der Waals surface area contributed by atoms with E-state index in [1.165, 1.54) is 0 Å². The molecule has 0 aromatic carbocycles. The first-order chi connectivity index (χ1) is 12.5. The highest BCUT2D eigenvalue weighted by molar-refractivity contribution is 5.92. The van der Waals surface area contributed by atoms with Crippen LogP contribution in [-0.2, 0) is 11.8 Å². The zero-order valence-corrected chi connectivity index (χ0v) is 15.1. The van der Waals surface area contributed by atoms with E-state index in [1.807, 2.05) is 26.1 Å². The number of hydrogen-bond acceptors (Lipinski definition) is 6. The summed E-state index contributed by atoms with van der Waals surface area (Å²) in [6.45, 7) is 5.27. The lowest BCUT2D eigenvalue weighted by molar-refractivity contribution is -0.120. The van der Waals surface area contributed by atoms with Gasteiger partial charge in [-0.3, -0.25) is 14.5 Å². The van der Waals surface area contributed by atoms with Gasteiger partial charge in [-0.1, -0.05) is 0 Å². The number of pyridine rings is 1. The highest BCUT2D eigenvalue weighted by atomic mass is 16.1. The Morgan fingerprint density at radius 2 is 2.00 bits per heavy atom. The Hall–Kier alpha value is -3.03. The van der Waals surface area contributed by atoms with E-state index in [-0.39, 0.29) is 11.9 Å². The number of carbonyl (C=O) groups is 1. The van der Waals surface area contributed by atoms with Crippen LogP contribution in [0.5, 0.6) is 0 Å². The first-order valence-corrected chi connectivity index (χ1v) is 8.69. The number of aryl methyl sites for hydroxylation is 2. The van der Waals surface area contributed by atoms with Gasteiger partial charge < -0.3 is 10.2 Å². The highest BCUT2D eigenvalue weighted by Crippen LogP contribution is 2.31. The van der Waals surface area contributed by atoms with Crippen LogP contribution in [0.4, 0.5) is 5.82 Å². The monoisotopic (exact) mass is 351 g/mol. The van der Waals surface area contributed by atoms with Crippen molar-refractivity contribution in [3.63, 3.8) is 0 Å². The number of amides is 1. The molecule has 26 heavy (non-hydrogen) atoms. The highest BCUT2D eigenvalue weighted by Gasteiger charge is 2.26. The molecule has 1 atom stereocenters. The van der Waals surface area contributed by atoms with Crippen LogP contribution >= 0.6 is 0 Å². The van der Waals surface area contributed by atoms with Crippen LogP contribution in [0.15, 0.2) is 24.5 Å². The maximum atomic E-state index is 11.8. The zero-order chi connectivity index (χ0) is 18.3. The minimum Gasteiger partial charge on any atom is -0.354 e. The Bertz CT molecular complexity index is 967. The van der Waals surface area contributed by atoms with Crippen molar-refractivity contribution in [1.82, 2.24) is 30.0 Å². The number of anilines is 1. The molecule has 0 saturated carbocycles. The molecular weight excluding hydrogens is 330 g/mol. The van der Waals surface area contributed by atoms with E-state index >= 15 is 0 Å². The van der Waals surface area contributed by atoms with Crippen molar-refractivity contribution in [2.75, 3.05) is 18.0 Å². The molecule has 3 aromatic heterocycles. The molecule has 0 spiro atoms. The minimum absolute atomic E-state index is 0.0712. The summed E-state index contributed by atoms with van der Waals surface area (Å²) >= 11 is 0. The first kappa shape index (κ1) is 16.4. The molecule has 1 aliphatic rings. The molecule has 4 rings (SSSR count). The molecule has 134 valence electrons. The summed E-state index contributed by atoms with van der Waals surface area (Å²) in [6, 6.07) is 3.92. The summed E-state index contributed by atoms with van der Waals surface area (Å²) < 4.78 is 1.78. The Balaban J connectivity index is 1.93. The molecule has 1 fully saturated rings. The topological polar surface area (TPSA) is 88.8 Å². The van der Waals surface area contributed by atoms with Crippen molar-refractivity contribution < 1.29 is 4.79 Å². The summed E-state index contributed by atoms with van der Waals surface area (Å²) in [5.74, 6) is 1.53. The Kier molecular flexibility index (Phi) is 4.02. The quantitative estimate of drug-likeness (QED) is 0.752. The van der Waals surface area contributed by atoms with E-state index < -0.39 is 0 Å². The SMILES string of the molecule is Cc1nn(C)c2nc(-c3ccncc3)nc(N3CCC(=O)NCC3C)c12. The molecule has 0 radical (unpaired) electrons. The molecule has 4 heterocycles. The second-order valence-electron chi connectivity index (χ2n) is 6.61. The van der Waals surface area contributed by atoms with Gasteiger partial charge in [-0.2, -0.15) is 5.10 Å². The van der Waals surface area contributed by atoms with Crippen molar-refractivity contribution in [3.8, 4) is 11.4 Å². The largest absolute Gasteiger partial charge is 0.354 e. The predicted molar refractivity (Wildman–Crippen MR) is 98.7 cm³/mol. The van der Waals surface area contributed by atoms with Gasteiger partial charge in [-0.15, -0.1) is 0 Å². The van der Waals surface area contributed by atoms with E-state index in [0.29, 0.717) is 25.3 Å². The average Bonchev–Trinajstić information content (AvgIpc) is 2.83. The van der Waals surface area contributed by atoms with Crippen molar-refractivity contribution in [2.24, 2.45) is 7.05 Å². The fourth-order valence-corrected chi connectivity index (χ4v) is 3.37. The van der Waals surface area contributed by atoms with Gasteiger partial charge in [0.25, 0.3) is 0 Å². The van der Waals surface area contributed by atoms with Gasteiger partial charge in [-0.25, -0.2) is 9.97 Å². The number of rotatable bonds is 2. The van der Waals surface area contributed by atoms with E-state index in [1.54, 1.807) is 17.1 Å². The summed E-state index contributed by atoms with van der Waals surface area (Å²) in [7, 11) is 1.89. The molecule has 1 N–H and O–H groups in total. The maximum absolute atomic E-state index is 11.8. The summed E-state index contributed by atoms with van der Waals surface area (Å²) in [5.41, 5.74) is 2.57. The molecule has 3 aromatic rings. The molecular formula is C18H21N7O.